The molecule has 1 aromatic carbocycles. The van der Waals surface area contributed by atoms with Crippen LogP contribution in [0.2, 0.25) is 0 Å². The average molecular weight is 326 g/mol. The second-order valence-corrected chi connectivity index (χ2v) is 5.91. The largest absolute Gasteiger partial charge is 0.336 e. The molecule has 1 aliphatic carbocycles. The van der Waals surface area contributed by atoms with E-state index in [2.05, 4.69) is 10.3 Å². The van der Waals surface area contributed by atoms with E-state index in [9.17, 15) is 14.4 Å². The Labute approximate surface area is 137 Å². The van der Waals surface area contributed by atoms with E-state index in [4.69, 9.17) is 4.84 Å². The van der Waals surface area contributed by atoms with Crippen LogP contribution in [0.4, 0.5) is 0 Å². The van der Waals surface area contributed by atoms with Crippen molar-refractivity contribution >= 4 is 17.8 Å². The molecule has 122 valence electrons. The molecule has 0 saturated heterocycles. The van der Waals surface area contributed by atoms with Crippen molar-refractivity contribution in [1.82, 2.24) is 20.1 Å². The maximum Gasteiger partial charge on any atom is 0.336 e. The summed E-state index contributed by atoms with van der Waals surface area (Å²) in [6.45, 7) is 0. The first-order valence-corrected chi connectivity index (χ1v) is 7.63. The molecule has 8 nitrogen and oxygen atoms in total. The third-order valence-corrected chi connectivity index (χ3v) is 4.46. The number of carbonyl (C=O) groups excluding carboxylic acids is 3. The highest BCUT2D eigenvalue weighted by atomic mass is 16.7. The zero-order valence-electron chi connectivity index (χ0n) is 12.9. The molecule has 1 aromatic heterocycles. The van der Waals surface area contributed by atoms with Gasteiger partial charge in [0.2, 0.25) is 0 Å². The van der Waals surface area contributed by atoms with Crippen LogP contribution in [-0.4, -0.2) is 37.8 Å². The predicted molar refractivity (Wildman–Crippen MR) is 79.6 cm³/mol. The van der Waals surface area contributed by atoms with E-state index in [1.54, 1.807) is 23.9 Å². The Balaban J connectivity index is 1.51. The topological polar surface area (TPSA) is 94.4 Å². The van der Waals surface area contributed by atoms with Crippen LogP contribution in [0.15, 0.2) is 24.3 Å². The fourth-order valence-electron chi connectivity index (χ4n) is 3.13. The zero-order valence-corrected chi connectivity index (χ0v) is 12.9. The number of aryl methyl sites for hydroxylation is 2. The fraction of sp³-hybridized carbons (Fsp3) is 0.312. The van der Waals surface area contributed by atoms with E-state index in [0.717, 1.165) is 11.4 Å². The van der Waals surface area contributed by atoms with E-state index in [1.807, 2.05) is 0 Å². The summed E-state index contributed by atoms with van der Waals surface area (Å²) >= 11 is 0. The molecule has 2 heterocycles. The average Bonchev–Trinajstić information content (AvgIpc) is 3.08. The van der Waals surface area contributed by atoms with Gasteiger partial charge in [-0.25, -0.2) is 4.79 Å². The van der Waals surface area contributed by atoms with E-state index in [0.29, 0.717) is 24.3 Å². The molecular formula is C16H14N4O4. The smallest absolute Gasteiger partial charge is 0.329 e. The molecule has 8 heteroatoms. The van der Waals surface area contributed by atoms with Crippen molar-refractivity contribution in [3.8, 4) is 0 Å². The van der Waals surface area contributed by atoms with E-state index in [-0.39, 0.29) is 11.1 Å². The van der Waals surface area contributed by atoms with Gasteiger partial charge in [-0.2, -0.15) is 0 Å². The lowest BCUT2D eigenvalue weighted by atomic mass is 9.90. The van der Waals surface area contributed by atoms with Gasteiger partial charge in [0, 0.05) is 13.5 Å². The van der Waals surface area contributed by atoms with E-state index >= 15 is 0 Å². The molecule has 0 bridgehead atoms. The van der Waals surface area contributed by atoms with Crippen molar-refractivity contribution in [2.75, 3.05) is 0 Å². The van der Waals surface area contributed by atoms with Gasteiger partial charge >= 0.3 is 5.97 Å². The monoisotopic (exact) mass is 326 g/mol. The Bertz CT molecular complexity index is 838. The van der Waals surface area contributed by atoms with E-state index < -0.39 is 23.7 Å². The molecule has 1 aliphatic heterocycles. The number of hydroxylamine groups is 2. The van der Waals surface area contributed by atoms with Crippen LogP contribution in [0.5, 0.6) is 0 Å². The number of nitrogens with zero attached hydrogens (tertiary/aromatic N) is 4. The minimum atomic E-state index is -0.609. The number of fused-ring (bicyclic) bond motifs is 2. The lowest BCUT2D eigenvalue weighted by Gasteiger charge is -2.22. The first-order valence-electron chi connectivity index (χ1n) is 7.63. The minimum Gasteiger partial charge on any atom is -0.329 e. The van der Waals surface area contributed by atoms with Gasteiger partial charge < -0.3 is 4.84 Å². The maximum atomic E-state index is 12.4. The molecule has 0 saturated carbocycles. The van der Waals surface area contributed by atoms with Gasteiger partial charge in [0.25, 0.3) is 11.8 Å². The van der Waals surface area contributed by atoms with Crippen molar-refractivity contribution in [2.24, 2.45) is 13.0 Å². The Morgan fingerprint density at radius 2 is 1.88 bits per heavy atom. The van der Waals surface area contributed by atoms with Gasteiger partial charge in [0.05, 0.1) is 28.4 Å². The Hall–Kier alpha value is -3.03. The second kappa shape index (κ2) is 5.26. The molecule has 1 unspecified atom stereocenters. The highest BCUT2D eigenvalue weighted by Gasteiger charge is 2.40. The molecule has 0 fully saturated rings. The third-order valence-electron chi connectivity index (χ3n) is 4.46. The van der Waals surface area contributed by atoms with Crippen LogP contribution < -0.4 is 0 Å². The number of hydrogen-bond donors (Lipinski definition) is 0. The molecule has 0 N–H and O–H groups in total. The zero-order chi connectivity index (χ0) is 16.8. The van der Waals surface area contributed by atoms with Gasteiger partial charge in [-0.1, -0.05) is 22.4 Å². The summed E-state index contributed by atoms with van der Waals surface area (Å²) in [4.78, 5) is 42.0. The Kier molecular flexibility index (Phi) is 3.19. The highest BCUT2D eigenvalue weighted by molar-refractivity contribution is 6.20. The molecule has 2 aliphatic rings. The first-order chi connectivity index (χ1) is 11.6. The van der Waals surface area contributed by atoms with Crippen LogP contribution in [0.3, 0.4) is 0 Å². The van der Waals surface area contributed by atoms with Crippen molar-refractivity contribution in [3.05, 3.63) is 46.8 Å². The predicted octanol–water partition coefficient (Wildman–Crippen LogP) is 0.674. The number of benzene rings is 1. The van der Waals surface area contributed by atoms with Crippen LogP contribution in [-0.2, 0) is 29.5 Å². The van der Waals surface area contributed by atoms with Gasteiger partial charge in [-0.3, -0.25) is 14.3 Å². The molecule has 4 rings (SSSR count). The SMILES string of the molecule is Cn1nnc2c1CC(C(=O)ON1C(=O)c3ccccc3C1=O)CC2. The van der Waals surface area contributed by atoms with Crippen LogP contribution in [0, 0.1) is 5.92 Å². The number of carbonyl (C=O) groups is 3. The van der Waals surface area contributed by atoms with Crippen molar-refractivity contribution in [2.45, 2.75) is 19.3 Å². The Morgan fingerprint density at radius 3 is 2.54 bits per heavy atom. The lowest BCUT2D eigenvalue weighted by molar-refractivity contribution is -0.174. The standard InChI is InChI=1S/C16H14N4O4/c1-19-13-8-9(6-7-12(13)17-18-19)16(23)24-20-14(21)10-4-2-3-5-11(10)15(20)22/h2-5,9H,6-8H2,1H3. The van der Waals surface area contributed by atoms with Gasteiger partial charge in [0.1, 0.15) is 0 Å². The molecule has 0 spiro atoms. The molecule has 1 atom stereocenters. The van der Waals surface area contributed by atoms with Crippen molar-refractivity contribution < 1.29 is 19.2 Å². The summed E-state index contributed by atoms with van der Waals surface area (Å²) in [6.07, 6.45) is 1.60. The fourth-order valence-corrected chi connectivity index (χ4v) is 3.13. The third kappa shape index (κ3) is 2.10. The van der Waals surface area contributed by atoms with Crippen molar-refractivity contribution in [1.29, 1.82) is 0 Å². The second-order valence-electron chi connectivity index (χ2n) is 5.91. The highest BCUT2D eigenvalue weighted by Crippen LogP contribution is 2.27. The van der Waals surface area contributed by atoms with Crippen LogP contribution in [0.1, 0.15) is 38.5 Å². The van der Waals surface area contributed by atoms with Gasteiger partial charge in [-0.05, 0) is 25.0 Å². The Morgan fingerprint density at radius 1 is 1.21 bits per heavy atom. The number of hydrogen-bond acceptors (Lipinski definition) is 6. The maximum absolute atomic E-state index is 12.4. The van der Waals surface area contributed by atoms with E-state index in [1.165, 1.54) is 12.1 Å². The van der Waals surface area contributed by atoms with Gasteiger partial charge in [0.15, 0.2) is 0 Å². The molecular weight excluding hydrogens is 312 g/mol. The minimum absolute atomic E-state index is 0.247. The molecule has 2 aromatic rings. The summed E-state index contributed by atoms with van der Waals surface area (Å²) < 4.78 is 1.64. The summed E-state index contributed by atoms with van der Waals surface area (Å²) in [7, 11) is 1.77. The summed E-state index contributed by atoms with van der Waals surface area (Å²) in [5.41, 5.74) is 2.25. The lowest BCUT2D eigenvalue weighted by Crippen LogP contribution is -2.36. The number of rotatable bonds is 2. The molecule has 0 radical (unpaired) electrons. The van der Waals surface area contributed by atoms with Crippen molar-refractivity contribution in [3.63, 3.8) is 0 Å². The van der Waals surface area contributed by atoms with Gasteiger partial charge in [-0.15, -0.1) is 5.10 Å². The number of aromatic nitrogens is 3. The number of amides is 2. The van der Waals surface area contributed by atoms with Crippen LogP contribution >= 0.6 is 0 Å². The number of imide groups is 1. The normalized spacial score (nSPS) is 19.2. The summed E-state index contributed by atoms with van der Waals surface area (Å²) in [5.74, 6) is -2.24. The summed E-state index contributed by atoms with van der Waals surface area (Å²) in [6, 6.07) is 6.40. The van der Waals surface area contributed by atoms with Crippen LogP contribution in [0.25, 0.3) is 0 Å². The quantitative estimate of drug-likeness (QED) is 0.753. The summed E-state index contributed by atoms with van der Waals surface area (Å²) in [5, 5.41) is 8.55. The molecule has 24 heavy (non-hydrogen) atoms. The molecule has 2 amide bonds. The first kappa shape index (κ1) is 14.6.